The van der Waals surface area contributed by atoms with Gasteiger partial charge in [-0.1, -0.05) is 6.07 Å². The number of fused-ring (bicyclic) bond motifs is 1. The molecule has 0 bridgehead atoms. The van der Waals surface area contributed by atoms with Crippen molar-refractivity contribution in [1.82, 2.24) is 9.97 Å². The summed E-state index contributed by atoms with van der Waals surface area (Å²) in [6, 6.07) is 13.2. The summed E-state index contributed by atoms with van der Waals surface area (Å²) in [6.45, 7) is 1.70. The van der Waals surface area contributed by atoms with Gasteiger partial charge in [0.1, 0.15) is 5.75 Å². The predicted octanol–water partition coefficient (Wildman–Crippen LogP) is 3.48. The highest BCUT2D eigenvalue weighted by molar-refractivity contribution is 5.79. The molecule has 3 rings (SSSR count). The largest absolute Gasteiger partial charge is 0.439 e. The number of aliphatic hydroxyl groups excluding tert-OH is 1. The fourth-order valence-corrected chi connectivity index (χ4v) is 1.93. The van der Waals surface area contributed by atoms with Gasteiger partial charge in [-0.05, 0) is 36.8 Å². The van der Waals surface area contributed by atoms with Gasteiger partial charge in [-0.15, -0.1) is 0 Å². The SMILES string of the molecule is C[C@@H](O)c1ccc(Oc2ccc3cccnc3c2)nc1. The summed E-state index contributed by atoms with van der Waals surface area (Å²) in [6.07, 6.45) is 2.84. The molecule has 20 heavy (non-hydrogen) atoms. The van der Waals surface area contributed by atoms with Gasteiger partial charge in [0, 0.05) is 29.9 Å². The summed E-state index contributed by atoms with van der Waals surface area (Å²) in [5.74, 6) is 1.18. The van der Waals surface area contributed by atoms with E-state index in [0.29, 0.717) is 11.6 Å². The number of pyridine rings is 2. The second-order valence-electron chi connectivity index (χ2n) is 4.57. The smallest absolute Gasteiger partial charge is 0.219 e. The molecule has 0 unspecified atom stereocenters. The number of rotatable bonds is 3. The topological polar surface area (TPSA) is 55.2 Å². The summed E-state index contributed by atoms with van der Waals surface area (Å²) < 4.78 is 5.69. The van der Waals surface area contributed by atoms with Gasteiger partial charge in [0.05, 0.1) is 11.6 Å². The molecule has 0 radical (unpaired) electrons. The summed E-state index contributed by atoms with van der Waals surface area (Å²) in [7, 11) is 0. The van der Waals surface area contributed by atoms with Crippen molar-refractivity contribution in [1.29, 1.82) is 0 Å². The minimum atomic E-state index is -0.526. The number of aromatic nitrogens is 2. The van der Waals surface area contributed by atoms with Crippen molar-refractivity contribution in [2.24, 2.45) is 0 Å². The van der Waals surface area contributed by atoms with Gasteiger partial charge in [-0.2, -0.15) is 0 Å². The molecule has 1 aromatic carbocycles. The van der Waals surface area contributed by atoms with Gasteiger partial charge >= 0.3 is 0 Å². The average Bonchev–Trinajstić information content (AvgIpc) is 2.48. The van der Waals surface area contributed by atoms with Crippen molar-refractivity contribution in [3.8, 4) is 11.6 Å². The van der Waals surface area contributed by atoms with Gasteiger partial charge in [0.15, 0.2) is 0 Å². The maximum atomic E-state index is 9.43. The molecular formula is C16H14N2O2. The highest BCUT2D eigenvalue weighted by atomic mass is 16.5. The summed E-state index contributed by atoms with van der Waals surface area (Å²) in [5, 5.41) is 10.5. The van der Waals surface area contributed by atoms with Crippen LogP contribution in [0.4, 0.5) is 0 Å². The minimum Gasteiger partial charge on any atom is -0.439 e. The molecule has 0 saturated heterocycles. The van der Waals surface area contributed by atoms with Crippen LogP contribution in [0, 0.1) is 0 Å². The number of nitrogens with zero attached hydrogens (tertiary/aromatic N) is 2. The van der Waals surface area contributed by atoms with Crippen LogP contribution in [0.2, 0.25) is 0 Å². The highest BCUT2D eigenvalue weighted by Crippen LogP contribution is 2.24. The third-order valence-electron chi connectivity index (χ3n) is 3.04. The fourth-order valence-electron chi connectivity index (χ4n) is 1.93. The van der Waals surface area contributed by atoms with E-state index in [4.69, 9.17) is 4.74 Å². The number of hydrogen-bond acceptors (Lipinski definition) is 4. The molecule has 100 valence electrons. The highest BCUT2D eigenvalue weighted by Gasteiger charge is 2.04. The minimum absolute atomic E-state index is 0.490. The third kappa shape index (κ3) is 2.60. The van der Waals surface area contributed by atoms with Crippen molar-refractivity contribution in [3.05, 3.63) is 60.4 Å². The Morgan fingerprint density at radius 1 is 1.10 bits per heavy atom. The lowest BCUT2D eigenvalue weighted by molar-refractivity contribution is 0.198. The summed E-state index contributed by atoms with van der Waals surface area (Å²) in [5.41, 5.74) is 1.64. The van der Waals surface area contributed by atoms with Crippen molar-refractivity contribution >= 4 is 10.9 Å². The Bertz CT molecular complexity index is 724. The molecule has 2 heterocycles. The standard InChI is InChI=1S/C16H14N2O2/c1-11(19)13-5-7-16(18-10-13)20-14-6-4-12-3-2-8-17-15(12)9-14/h2-11,19H,1H3/t11-/m1/s1. The lowest BCUT2D eigenvalue weighted by Crippen LogP contribution is -1.93. The zero-order valence-corrected chi connectivity index (χ0v) is 11.0. The summed E-state index contributed by atoms with van der Waals surface area (Å²) in [4.78, 5) is 8.46. The van der Waals surface area contributed by atoms with Crippen LogP contribution in [0.25, 0.3) is 10.9 Å². The van der Waals surface area contributed by atoms with Gasteiger partial charge in [0.25, 0.3) is 0 Å². The van der Waals surface area contributed by atoms with E-state index in [9.17, 15) is 5.11 Å². The predicted molar refractivity (Wildman–Crippen MR) is 76.7 cm³/mol. The van der Waals surface area contributed by atoms with Crippen molar-refractivity contribution < 1.29 is 9.84 Å². The number of hydrogen-bond donors (Lipinski definition) is 1. The molecule has 0 aliphatic carbocycles. The quantitative estimate of drug-likeness (QED) is 0.788. The van der Waals surface area contributed by atoms with Crippen LogP contribution in [0.15, 0.2) is 54.9 Å². The van der Waals surface area contributed by atoms with E-state index in [1.54, 1.807) is 31.5 Å². The van der Waals surface area contributed by atoms with Crippen molar-refractivity contribution in [2.75, 3.05) is 0 Å². The zero-order chi connectivity index (χ0) is 13.9. The first-order chi connectivity index (χ1) is 9.72. The summed E-state index contributed by atoms with van der Waals surface area (Å²) >= 11 is 0. The number of ether oxygens (including phenoxy) is 1. The Morgan fingerprint density at radius 3 is 2.75 bits per heavy atom. The number of aliphatic hydroxyl groups is 1. The Kier molecular flexibility index (Phi) is 3.31. The second-order valence-corrected chi connectivity index (χ2v) is 4.57. The van der Waals surface area contributed by atoms with Gasteiger partial charge < -0.3 is 9.84 Å². The molecule has 4 heteroatoms. The number of benzene rings is 1. The molecule has 0 fully saturated rings. The maximum absolute atomic E-state index is 9.43. The van der Waals surface area contributed by atoms with Crippen LogP contribution in [-0.2, 0) is 0 Å². The first-order valence-corrected chi connectivity index (χ1v) is 6.39. The van der Waals surface area contributed by atoms with Crippen LogP contribution >= 0.6 is 0 Å². The Balaban J connectivity index is 1.85. The Morgan fingerprint density at radius 2 is 2.00 bits per heavy atom. The van der Waals surface area contributed by atoms with Crippen LogP contribution in [0.5, 0.6) is 11.6 Å². The lowest BCUT2D eigenvalue weighted by atomic mass is 10.2. The Hall–Kier alpha value is -2.46. The van der Waals surface area contributed by atoms with Crippen molar-refractivity contribution in [3.63, 3.8) is 0 Å². The monoisotopic (exact) mass is 266 g/mol. The molecule has 0 aliphatic rings. The van der Waals surface area contributed by atoms with Crippen molar-refractivity contribution in [2.45, 2.75) is 13.0 Å². The van der Waals surface area contributed by atoms with Gasteiger partial charge in [-0.25, -0.2) is 4.98 Å². The molecule has 0 saturated carbocycles. The first kappa shape index (κ1) is 12.6. The lowest BCUT2D eigenvalue weighted by Gasteiger charge is -2.07. The zero-order valence-electron chi connectivity index (χ0n) is 11.0. The molecule has 4 nitrogen and oxygen atoms in total. The van der Waals surface area contributed by atoms with Gasteiger partial charge in [0.2, 0.25) is 5.88 Å². The first-order valence-electron chi connectivity index (χ1n) is 6.39. The Labute approximate surface area is 116 Å². The molecule has 0 spiro atoms. The molecule has 0 amide bonds. The van der Waals surface area contributed by atoms with E-state index in [1.165, 1.54) is 0 Å². The maximum Gasteiger partial charge on any atom is 0.219 e. The second kappa shape index (κ2) is 5.27. The van der Waals surface area contributed by atoms with Crippen LogP contribution in [0.1, 0.15) is 18.6 Å². The van der Waals surface area contributed by atoms with E-state index in [0.717, 1.165) is 16.5 Å². The normalized spacial score (nSPS) is 12.3. The van der Waals surface area contributed by atoms with E-state index in [1.807, 2.05) is 30.3 Å². The van der Waals surface area contributed by atoms with Crippen LogP contribution in [-0.4, -0.2) is 15.1 Å². The fraction of sp³-hybridized carbons (Fsp3) is 0.125. The molecule has 3 aromatic rings. The molecule has 1 N–H and O–H groups in total. The molecule has 0 aliphatic heterocycles. The molecule has 1 atom stereocenters. The molecular weight excluding hydrogens is 252 g/mol. The van der Waals surface area contributed by atoms with Crippen LogP contribution < -0.4 is 4.74 Å². The van der Waals surface area contributed by atoms with E-state index >= 15 is 0 Å². The third-order valence-corrected chi connectivity index (χ3v) is 3.04. The molecule has 2 aromatic heterocycles. The van der Waals surface area contributed by atoms with E-state index in [2.05, 4.69) is 9.97 Å². The van der Waals surface area contributed by atoms with Crippen LogP contribution in [0.3, 0.4) is 0 Å². The van der Waals surface area contributed by atoms with E-state index < -0.39 is 6.10 Å². The average molecular weight is 266 g/mol. The van der Waals surface area contributed by atoms with E-state index in [-0.39, 0.29) is 0 Å². The van der Waals surface area contributed by atoms with Gasteiger partial charge in [-0.3, -0.25) is 4.98 Å².